The summed E-state index contributed by atoms with van der Waals surface area (Å²) in [6, 6.07) is 6.49. The molecule has 1 aromatic rings. The molecule has 1 aromatic carbocycles. The minimum absolute atomic E-state index is 0. The van der Waals surface area contributed by atoms with E-state index in [4.69, 9.17) is 5.11 Å². The van der Waals surface area contributed by atoms with Gasteiger partial charge in [0.15, 0.2) is 0 Å². The van der Waals surface area contributed by atoms with E-state index in [1.54, 1.807) is 12.1 Å². The highest BCUT2D eigenvalue weighted by atomic mass is 79.9. The van der Waals surface area contributed by atoms with Crippen LogP contribution in [0.4, 0.5) is 5.69 Å². The zero-order valence-corrected chi connectivity index (χ0v) is 13.5. The number of hydrogen-bond acceptors (Lipinski definition) is 3. The normalized spacial score (nSPS) is 11.3. The number of nitrogens with one attached hydrogen (secondary N) is 2. The summed E-state index contributed by atoms with van der Waals surface area (Å²) >= 11 is 3.30. The third kappa shape index (κ3) is 6.88. The molecule has 0 aliphatic carbocycles. The number of benzene rings is 1. The number of anilines is 1. The first-order valence-corrected chi connectivity index (χ1v) is 6.84. The number of carboxylic acids is 1. The molecule has 0 saturated heterocycles. The smallest absolute Gasteiger partial charge is 0.320 e. The molecule has 1 amide bonds. The second kappa shape index (κ2) is 9.74. The van der Waals surface area contributed by atoms with Gasteiger partial charge in [0.25, 0.3) is 0 Å². The van der Waals surface area contributed by atoms with Crippen molar-refractivity contribution in [1.29, 1.82) is 0 Å². The lowest BCUT2D eigenvalue weighted by Crippen LogP contribution is -2.41. The number of halogens is 2. The molecule has 7 heteroatoms. The molecule has 0 spiro atoms. The van der Waals surface area contributed by atoms with E-state index in [1.165, 1.54) is 0 Å². The Bertz CT molecular complexity index is 440. The lowest BCUT2D eigenvalue weighted by molar-refractivity contribution is -0.139. The minimum Gasteiger partial charge on any atom is -0.480 e. The molecule has 20 heavy (non-hydrogen) atoms. The van der Waals surface area contributed by atoms with Crippen molar-refractivity contribution in [2.75, 3.05) is 11.9 Å². The zero-order chi connectivity index (χ0) is 14.3. The fourth-order valence-electron chi connectivity index (χ4n) is 1.56. The fourth-order valence-corrected chi connectivity index (χ4v) is 1.82. The van der Waals surface area contributed by atoms with Crippen molar-refractivity contribution < 1.29 is 14.7 Å². The van der Waals surface area contributed by atoms with E-state index < -0.39 is 12.0 Å². The van der Waals surface area contributed by atoms with Crippen LogP contribution in [0.1, 0.15) is 19.8 Å². The SMILES string of the molecule is CCCC(NCC(=O)Nc1ccc(Br)cc1)C(=O)O.Cl. The summed E-state index contributed by atoms with van der Waals surface area (Å²) in [4.78, 5) is 22.5. The molecule has 5 nitrogen and oxygen atoms in total. The van der Waals surface area contributed by atoms with Crippen molar-refractivity contribution in [2.24, 2.45) is 0 Å². The molecule has 1 unspecified atom stereocenters. The van der Waals surface area contributed by atoms with Crippen molar-refractivity contribution in [3.8, 4) is 0 Å². The molecule has 112 valence electrons. The number of carbonyl (C=O) groups is 2. The maximum atomic E-state index is 11.7. The fraction of sp³-hybridized carbons (Fsp3) is 0.385. The van der Waals surface area contributed by atoms with Crippen LogP contribution in [0.3, 0.4) is 0 Å². The van der Waals surface area contributed by atoms with Gasteiger partial charge in [-0.25, -0.2) is 0 Å². The number of rotatable bonds is 7. The van der Waals surface area contributed by atoms with Crippen LogP contribution in [0.15, 0.2) is 28.7 Å². The average molecular weight is 366 g/mol. The second-order valence-corrected chi connectivity index (χ2v) is 5.03. The Morgan fingerprint density at radius 2 is 1.90 bits per heavy atom. The first kappa shape index (κ1) is 18.9. The van der Waals surface area contributed by atoms with Gasteiger partial charge in [-0.05, 0) is 30.7 Å². The van der Waals surface area contributed by atoms with Crippen LogP contribution in [0.5, 0.6) is 0 Å². The molecular formula is C13H18BrClN2O3. The minimum atomic E-state index is -0.932. The maximum Gasteiger partial charge on any atom is 0.320 e. The van der Waals surface area contributed by atoms with Crippen molar-refractivity contribution in [3.05, 3.63) is 28.7 Å². The molecular weight excluding hydrogens is 348 g/mol. The largest absolute Gasteiger partial charge is 0.480 e. The summed E-state index contributed by atoms with van der Waals surface area (Å²) in [5, 5.41) is 14.4. The van der Waals surface area contributed by atoms with Crippen LogP contribution in [-0.2, 0) is 9.59 Å². The van der Waals surface area contributed by atoms with Crippen molar-refractivity contribution in [3.63, 3.8) is 0 Å². The van der Waals surface area contributed by atoms with Gasteiger partial charge in [0.1, 0.15) is 6.04 Å². The van der Waals surface area contributed by atoms with Crippen molar-refractivity contribution in [2.45, 2.75) is 25.8 Å². The van der Waals surface area contributed by atoms with Crippen LogP contribution < -0.4 is 10.6 Å². The molecule has 3 N–H and O–H groups in total. The standard InChI is InChI=1S/C13H17BrN2O3.ClH/c1-2-3-11(13(18)19)15-8-12(17)16-10-6-4-9(14)5-7-10;/h4-7,11,15H,2-3,8H2,1H3,(H,16,17)(H,18,19);1H. The van der Waals surface area contributed by atoms with Gasteiger partial charge >= 0.3 is 5.97 Å². The van der Waals surface area contributed by atoms with Crippen LogP contribution in [-0.4, -0.2) is 29.6 Å². The Morgan fingerprint density at radius 3 is 2.40 bits per heavy atom. The highest BCUT2D eigenvalue weighted by molar-refractivity contribution is 9.10. The molecule has 0 heterocycles. The van der Waals surface area contributed by atoms with Gasteiger partial charge in [-0.15, -0.1) is 12.4 Å². The Hall–Kier alpha value is -1.11. The number of amides is 1. The van der Waals surface area contributed by atoms with Gasteiger partial charge in [0.05, 0.1) is 6.54 Å². The number of carboxylic acid groups (broad SMARTS) is 1. The van der Waals surface area contributed by atoms with Gasteiger partial charge < -0.3 is 10.4 Å². The summed E-state index contributed by atoms with van der Waals surface area (Å²) in [6.45, 7) is 1.88. The van der Waals surface area contributed by atoms with Gasteiger partial charge in [-0.1, -0.05) is 29.3 Å². The highest BCUT2D eigenvalue weighted by Gasteiger charge is 2.16. The third-order valence-electron chi connectivity index (χ3n) is 2.51. The molecule has 0 aliphatic heterocycles. The van der Waals surface area contributed by atoms with Crippen LogP contribution in [0, 0.1) is 0 Å². The summed E-state index contributed by atoms with van der Waals surface area (Å²) in [7, 11) is 0. The second-order valence-electron chi connectivity index (χ2n) is 4.12. The quantitative estimate of drug-likeness (QED) is 0.694. The van der Waals surface area contributed by atoms with Crippen LogP contribution >= 0.6 is 28.3 Å². The molecule has 0 saturated carbocycles. The lowest BCUT2D eigenvalue weighted by atomic mass is 10.2. The molecule has 1 rings (SSSR count). The van der Waals surface area contributed by atoms with E-state index in [-0.39, 0.29) is 24.9 Å². The number of hydrogen-bond donors (Lipinski definition) is 3. The van der Waals surface area contributed by atoms with E-state index in [1.807, 2.05) is 19.1 Å². The zero-order valence-electron chi connectivity index (χ0n) is 11.1. The summed E-state index contributed by atoms with van der Waals surface area (Å²) in [5.74, 6) is -1.19. The number of aliphatic carboxylic acids is 1. The predicted molar refractivity (Wildman–Crippen MR) is 84.4 cm³/mol. The Balaban J connectivity index is 0.00000361. The average Bonchev–Trinajstić information content (AvgIpc) is 2.37. The summed E-state index contributed by atoms with van der Waals surface area (Å²) in [6.07, 6.45) is 1.25. The van der Waals surface area contributed by atoms with E-state index in [0.717, 1.165) is 10.9 Å². The van der Waals surface area contributed by atoms with Crippen LogP contribution in [0.25, 0.3) is 0 Å². The van der Waals surface area contributed by atoms with Crippen molar-refractivity contribution in [1.82, 2.24) is 5.32 Å². The molecule has 0 fully saturated rings. The third-order valence-corrected chi connectivity index (χ3v) is 3.04. The van der Waals surface area contributed by atoms with E-state index in [0.29, 0.717) is 12.1 Å². The Labute approximate surface area is 132 Å². The predicted octanol–water partition coefficient (Wildman–Crippen LogP) is 2.65. The summed E-state index contributed by atoms with van der Waals surface area (Å²) in [5.41, 5.74) is 0.678. The highest BCUT2D eigenvalue weighted by Crippen LogP contribution is 2.13. The molecule has 0 aliphatic rings. The first-order valence-electron chi connectivity index (χ1n) is 6.04. The monoisotopic (exact) mass is 364 g/mol. The first-order chi connectivity index (χ1) is 9.02. The lowest BCUT2D eigenvalue weighted by Gasteiger charge is -2.13. The molecule has 0 radical (unpaired) electrons. The molecule has 0 aromatic heterocycles. The molecule has 1 atom stereocenters. The van der Waals surface area contributed by atoms with Gasteiger partial charge in [-0.3, -0.25) is 14.9 Å². The van der Waals surface area contributed by atoms with E-state index >= 15 is 0 Å². The maximum absolute atomic E-state index is 11.7. The van der Waals surface area contributed by atoms with E-state index in [2.05, 4.69) is 26.6 Å². The summed E-state index contributed by atoms with van der Waals surface area (Å²) < 4.78 is 0.928. The molecule has 0 bridgehead atoms. The van der Waals surface area contributed by atoms with Crippen molar-refractivity contribution >= 4 is 45.9 Å². The van der Waals surface area contributed by atoms with Crippen LogP contribution in [0.2, 0.25) is 0 Å². The van der Waals surface area contributed by atoms with Gasteiger partial charge in [0.2, 0.25) is 5.91 Å². The topological polar surface area (TPSA) is 78.4 Å². The van der Waals surface area contributed by atoms with E-state index in [9.17, 15) is 9.59 Å². The number of carbonyl (C=O) groups excluding carboxylic acids is 1. The van der Waals surface area contributed by atoms with Gasteiger partial charge in [0, 0.05) is 10.2 Å². The van der Waals surface area contributed by atoms with Gasteiger partial charge in [-0.2, -0.15) is 0 Å². The Kier molecular flexibility index (Phi) is 9.20. The Morgan fingerprint density at radius 1 is 1.30 bits per heavy atom.